The lowest BCUT2D eigenvalue weighted by Gasteiger charge is -2.12. The Bertz CT molecular complexity index is 288. The highest BCUT2D eigenvalue weighted by atomic mass is 79.9. The Morgan fingerprint density at radius 2 is 2.31 bits per heavy atom. The van der Waals surface area contributed by atoms with Crippen LogP contribution in [0.15, 0.2) is 22.9 Å². The first-order valence-electron chi connectivity index (χ1n) is 3.59. The van der Waals surface area contributed by atoms with Crippen LogP contribution in [0.2, 0.25) is 0 Å². The van der Waals surface area contributed by atoms with E-state index in [0.717, 1.165) is 6.92 Å². The molecule has 0 aliphatic carbocycles. The highest BCUT2D eigenvalue weighted by molar-refractivity contribution is 9.10. The van der Waals surface area contributed by atoms with E-state index >= 15 is 0 Å². The third kappa shape index (κ3) is 3.67. The molecule has 0 saturated heterocycles. The molecule has 0 saturated carbocycles. The van der Waals surface area contributed by atoms with Gasteiger partial charge in [0.15, 0.2) is 12.4 Å². The summed E-state index contributed by atoms with van der Waals surface area (Å²) in [6, 6.07) is 1.63. The molecule has 0 amide bonds. The molecule has 0 atom stereocenters. The van der Waals surface area contributed by atoms with Crippen molar-refractivity contribution in [1.29, 1.82) is 0 Å². The van der Waals surface area contributed by atoms with Crippen molar-refractivity contribution in [3.8, 4) is 5.75 Å². The van der Waals surface area contributed by atoms with Crippen molar-refractivity contribution in [3.05, 3.63) is 22.9 Å². The number of aromatic nitrogens is 1. The second-order valence-corrected chi connectivity index (χ2v) is 3.52. The summed E-state index contributed by atoms with van der Waals surface area (Å²) in [6.45, 7) is 0.161. The molecule has 0 aromatic carbocycles. The Morgan fingerprint density at radius 1 is 1.62 bits per heavy atom. The zero-order valence-corrected chi connectivity index (χ0v) is 8.51. The maximum absolute atomic E-state index is 12.4. The standard InChI is InChI=1S/C8H8BrF2NO/c1-8(10,11)5-13-7-4-12-3-2-6(7)9/h2-4H,5H2,1H3. The molecule has 1 aromatic heterocycles. The summed E-state index contributed by atoms with van der Waals surface area (Å²) < 4.78 is 30.2. The number of nitrogens with zero attached hydrogens (tertiary/aromatic N) is 1. The molecule has 1 rings (SSSR count). The largest absolute Gasteiger partial charge is 0.485 e. The summed E-state index contributed by atoms with van der Waals surface area (Å²) in [6.07, 6.45) is 2.93. The van der Waals surface area contributed by atoms with Gasteiger partial charge >= 0.3 is 0 Å². The number of pyridine rings is 1. The number of ether oxygens (including phenoxy) is 1. The molecule has 0 unspecified atom stereocenters. The van der Waals surface area contributed by atoms with Crippen LogP contribution < -0.4 is 4.74 Å². The van der Waals surface area contributed by atoms with E-state index in [1.54, 1.807) is 12.3 Å². The molecule has 1 heterocycles. The van der Waals surface area contributed by atoms with Gasteiger partial charge in [0.05, 0.1) is 10.7 Å². The summed E-state index contributed by atoms with van der Waals surface area (Å²) in [5.74, 6) is -2.50. The highest BCUT2D eigenvalue weighted by Gasteiger charge is 2.22. The molecule has 0 radical (unpaired) electrons. The van der Waals surface area contributed by atoms with Crippen molar-refractivity contribution in [2.24, 2.45) is 0 Å². The molecule has 1 aromatic rings. The first kappa shape index (κ1) is 10.4. The van der Waals surface area contributed by atoms with E-state index in [0.29, 0.717) is 10.2 Å². The Hall–Kier alpha value is -0.710. The second kappa shape index (κ2) is 4.00. The summed E-state index contributed by atoms with van der Waals surface area (Å²) >= 11 is 3.15. The smallest absolute Gasteiger partial charge is 0.278 e. The first-order chi connectivity index (χ1) is 5.99. The fourth-order valence-electron chi connectivity index (χ4n) is 0.674. The van der Waals surface area contributed by atoms with Crippen LogP contribution >= 0.6 is 15.9 Å². The van der Waals surface area contributed by atoms with Crippen molar-refractivity contribution in [2.45, 2.75) is 12.8 Å². The second-order valence-electron chi connectivity index (χ2n) is 2.66. The molecular weight excluding hydrogens is 244 g/mol. The highest BCUT2D eigenvalue weighted by Crippen LogP contribution is 2.24. The third-order valence-corrected chi connectivity index (χ3v) is 1.87. The summed E-state index contributed by atoms with van der Waals surface area (Å²) in [5.41, 5.74) is 0. The molecule has 0 spiro atoms. The maximum Gasteiger partial charge on any atom is 0.278 e. The van der Waals surface area contributed by atoms with Crippen LogP contribution in [-0.2, 0) is 0 Å². The summed E-state index contributed by atoms with van der Waals surface area (Å²) in [4.78, 5) is 3.75. The predicted octanol–water partition coefficient (Wildman–Crippen LogP) is 2.88. The van der Waals surface area contributed by atoms with Gasteiger partial charge < -0.3 is 4.74 Å². The van der Waals surface area contributed by atoms with E-state index < -0.39 is 12.5 Å². The minimum absolute atomic E-state index is 0.323. The Morgan fingerprint density at radius 3 is 2.85 bits per heavy atom. The summed E-state index contributed by atoms with van der Waals surface area (Å²) in [5, 5.41) is 0. The average molecular weight is 252 g/mol. The lowest BCUT2D eigenvalue weighted by molar-refractivity contribution is -0.0232. The lowest BCUT2D eigenvalue weighted by Crippen LogP contribution is -2.21. The van der Waals surface area contributed by atoms with Gasteiger partial charge in [-0.1, -0.05) is 0 Å². The number of halogens is 3. The van der Waals surface area contributed by atoms with Crippen LogP contribution in [-0.4, -0.2) is 17.5 Å². The summed E-state index contributed by atoms with van der Waals surface area (Å²) in [7, 11) is 0. The Kier molecular flexibility index (Phi) is 3.19. The van der Waals surface area contributed by atoms with Gasteiger partial charge in [-0.15, -0.1) is 0 Å². The van der Waals surface area contributed by atoms with E-state index in [9.17, 15) is 8.78 Å². The third-order valence-electron chi connectivity index (χ3n) is 1.22. The van der Waals surface area contributed by atoms with Crippen LogP contribution in [0.4, 0.5) is 8.78 Å². The van der Waals surface area contributed by atoms with E-state index in [2.05, 4.69) is 20.9 Å². The van der Waals surface area contributed by atoms with Crippen molar-refractivity contribution >= 4 is 15.9 Å². The molecular formula is C8H8BrF2NO. The monoisotopic (exact) mass is 251 g/mol. The van der Waals surface area contributed by atoms with Crippen molar-refractivity contribution < 1.29 is 13.5 Å². The molecule has 0 bridgehead atoms. The Balaban J connectivity index is 2.60. The van der Waals surface area contributed by atoms with Gasteiger partial charge in [-0.05, 0) is 22.0 Å². The molecule has 0 fully saturated rings. The van der Waals surface area contributed by atoms with Gasteiger partial charge in [-0.2, -0.15) is 0 Å². The van der Waals surface area contributed by atoms with E-state index in [4.69, 9.17) is 4.74 Å². The van der Waals surface area contributed by atoms with Crippen LogP contribution in [0.25, 0.3) is 0 Å². The lowest BCUT2D eigenvalue weighted by atomic mass is 10.4. The molecule has 72 valence electrons. The van der Waals surface area contributed by atoms with Gasteiger partial charge in [-0.3, -0.25) is 4.98 Å². The fraction of sp³-hybridized carbons (Fsp3) is 0.375. The van der Waals surface area contributed by atoms with E-state index in [-0.39, 0.29) is 0 Å². The molecule has 0 N–H and O–H groups in total. The van der Waals surface area contributed by atoms with Crippen LogP contribution in [0.1, 0.15) is 6.92 Å². The predicted molar refractivity (Wildman–Crippen MR) is 48.1 cm³/mol. The van der Waals surface area contributed by atoms with E-state index in [1.807, 2.05) is 0 Å². The average Bonchev–Trinajstić information content (AvgIpc) is 2.01. The number of hydrogen-bond acceptors (Lipinski definition) is 2. The molecule has 2 nitrogen and oxygen atoms in total. The molecule has 13 heavy (non-hydrogen) atoms. The number of rotatable bonds is 3. The van der Waals surface area contributed by atoms with Crippen molar-refractivity contribution in [2.75, 3.05) is 6.61 Å². The van der Waals surface area contributed by atoms with Crippen LogP contribution in [0.5, 0.6) is 5.75 Å². The zero-order valence-electron chi connectivity index (χ0n) is 6.93. The molecule has 0 aliphatic heterocycles. The minimum Gasteiger partial charge on any atom is -0.485 e. The van der Waals surface area contributed by atoms with E-state index in [1.165, 1.54) is 6.20 Å². The SMILES string of the molecule is CC(F)(F)COc1cnccc1Br. The van der Waals surface area contributed by atoms with Crippen LogP contribution in [0.3, 0.4) is 0 Å². The van der Waals surface area contributed by atoms with Crippen molar-refractivity contribution in [1.82, 2.24) is 4.98 Å². The minimum atomic E-state index is -2.82. The number of alkyl halides is 2. The quantitative estimate of drug-likeness (QED) is 0.825. The molecule has 0 aliphatic rings. The molecule has 5 heteroatoms. The number of hydrogen-bond donors (Lipinski definition) is 0. The van der Waals surface area contributed by atoms with Crippen molar-refractivity contribution in [3.63, 3.8) is 0 Å². The van der Waals surface area contributed by atoms with Gasteiger partial charge in [0.1, 0.15) is 0 Å². The van der Waals surface area contributed by atoms with Crippen LogP contribution in [0, 0.1) is 0 Å². The normalized spacial score (nSPS) is 11.4. The topological polar surface area (TPSA) is 22.1 Å². The zero-order chi connectivity index (χ0) is 9.90. The van der Waals surface area contributed by atoms with Gasteiger partial charge in [0.25, 0.3) is 5.92 Å². The van der Waals surface area contributed by atoms with Gasteiger partial charge in [-0.25, -0.2) is 8.78 Å². The fourth-order valence-corrected chi connectivity index (χ4v) is 1.01. The Labute approximate surface area is 83.1 Å². The first-order valence-corrected chi connectivity index (χ1v) is 4.38. The maximum atomic E-state index is 12.4. The van der Waals surface area contributed by atoms with Gasteiger partial charge in [0, 0.05) is 13.1 Å². The van der Waals surface area contributed by atoms with Gasteiger partial charge in [0.2, 0.25) is 0 Å².